The summed E-state index contributed by atoms with van der Waals surface area (Å²) in [5.41, 5.74) is 1.68. The number of nitrogens with zero attached hydrogens (tertiary/aromatic N) is 3. The third kappa shape index (κ3) is 3.64. The maximum absolute atomic E-state index is 5.62. The molecular weight excluding hydrogens is 240 g/mol. The van der Waals surface area contributed by atoms with E-state index in [0.29, 0.717) is 0 Å². The monoisotopic (exact) mass is 258 g/mol. The number of aromatic nitrogens is 3. The largest absolute Gasteiger partial charge is 0.489 e. The highest BCUT2D eigenvalue weighted by Gasteiger charge is 2.04. The smallest absolute Gasteiger partial charge is 0.148 e. The number of pyridine rings is 1. The molecule has 5 heteroatoms. The van der Waals surface area contributed by atoms with E-state index in [-0.39, 0.29) is 6.10 Å². The maximum atomic E-state index is 5.62. The Kier molecular flexibility index (Phi) is 4.28. The maximum Gasteiger partial charge on any atom is 0.148 e. The number of hydrogen-bond donors (Lipinski definition) is 1. The molecule has 0 bridgehead atoms. The van der Waals surface area contributed by atoms with Gasteiger partial charge in [0.15, 0.2) is 0 Å². The topological polar surface area (TPSA) is 59.9 Å². The lowest BCUT2D eigenvalue weighted by Gasteiger charge is -2.10. The fourth-order valence-electron chi connectivity index (χ4n) is 1.66. The van der Waals surface area contributed by atoms with E-state index in [4.69, 9.17) is 4.74 Å². The van der Waals surface area contributed by atoms with Crippen molar-refractivity contribution in [3.05, 3.63) is 30.6 Å². The molecule has 0 aliphatic heterocycles. The Hall–Kier alpha value is -2.17. The van der Waals surface area contributed by atoms with E-state index in [1.165, 1.54) is 0 Å². The van der Waals surface area contributed by atoms with Crippen molar-refractivity contribution in [2.45, 2.75) is 26.9 Å². The molecule has 0 spiro atoms. The molecule has 0 atom stereocenters. The molecule has 1 N–H and O–H groups in total. The van der Waals surface area contributed by atoms with E-state index >= 15 is 0 Å². The van der Waals surface area contributed by atoms with Crippen molar-refractivity contribution in [1.82, 2.24) is 15.2 Å². The lowest BCUT2D eigenvalue weighted by Crippen LogP contribution is -2.06. The molecule has 2 aromatic heterocycles. The van der Waals surface area contributed by atoms with Crippen molar-refractivity contribution in [1.29, 1.82) is 0 Å². The van der Waals surface area contributed by atoms with E-state index in [1.807, 2.05) is 39.0 Å². The molecule has 0 unspecified atom stereocenters. The molecule has 2 heterocycles. The van der Waals surface area contributed by atoms with Crippen LogP contribution in [0.15, 0.2) is 30.6 Å². The summed E-state index contributed by atoms with van der Waals surface area (Å²) in [4.78, 5) is 4.16. The summed E-state index contributed by atoms with van der Waals surface area (Å²) >= 11 is 0. The molecule has 2 rings (SSSR count). The van der Waals surface area contributed by atoms with Gasteiger partial charge in [-0.05, 0) is 39.0 Å². The Balaban J connectivity index is 2.21. The van der Waals surface area contributed by atoms with Crippen LogP contribution >= 0.6 is 0 Å². The van der Waals surface area contributed by atoms with E-state index in [9.17, 15) is 0 Å². The van der Waals surface area contributed by atoms with Crippen molar-refractivity contribution < 1.29 is 4.74 Å². The number of rotatable bonds is 5. The zero-order valence-electron chi connectivity index (χ0n) is 11.4. The van der Waals surface area contributed by atoms with Crippen LogP contribution in [0.3, 0.4) is 0 Å². The van der Waals surface area contributed by atoms with Gasteiger partial charge in [0, 0.05) is 18.3 Å². The van der Waals surface area contributed by atoms with Crippen LogP contribution in [0.4, 0.5) is 5.82 Å². The minimum Gasteiger partial charge on any atom is -0.489 e. The van der Waals surface area contributed by atoms with Crippen LogP contribution in [0.25, 0.3) is 11.3 Å². The van der Waals surface area contributed by atoms with Crippen molar-refractivity contribution in [3.8, 4) is 17.0 Å². The van der Waals surface area contributed by atoms with Gasteiger partial charge in [0.25, 0.3) is 0 Å². The van der Waals surface area contributed by atoms with Crippen molar-refractivity contribution in [2.75, 3.05) is 11.9 Å². The van der Waals surface area contributed by atoms with E-state index in [2.05, 4.69) is 20.5 Å². The average molecular weight is 258 g/mol. The summed E-state index contributed by atoms with van der Waals surface area (Å²) in [5, 5.41) is 11.4. The third-order valence-electron chi connectivity index (χ3n) is 2.40. The summed E-state index contributed by atoms with van der Waals surface area (Å²) in [6.07, 6.45) is 3.58. The second-order valence-corrected chi connectivity index (χ2v) is 4.41. The van der Waals surface area contributed by atoms with E-state index in [0.717, 1.165) is 29.4 Å². The van der Waals surface area contributed by atoms with Gasteiger partial charge in [0.1, 0.15) is 11.6 Å². The van der Waals surface area contributed by atoms with Gasteiger partial charge in [0.2, 0.25) is 0 Å². The molecule has 0 aliphatic carbocycles. The standard InChI is InChI=1S/C14H18N4O/c1-4-16-14-6-5-13(17-18-14)11-7-12(9-15-8-11)19-10(2)3/h5-10H,4H2,1-3H3,(H,16,18). The number of hydrogen-bond acceptors (Lipinski definition) is 5. The molecule has 0 amide bonds. The minimum atomic E-state index is 0.124. The number of anilines is 1. The quantitative estimate of drug-likeness (QED) is 0.893. The summed E-state index contributed by atoms with van der Waals surface area (Å²) in [7, 11) is 0. The molecule has 100 valence electrons. The van der Waals surface area contributed by atoms with Gasteiger partial charge in [-0.1, -0.05) is 0 Å². The minimum absolute atomic E-state index is 0.124. The first-order valence-electron chi connectivity index (χ1n) is 6.38. The highest BCUT2D eigenvalue weighted by atomic mass is 16.5. The first-order chi connectivity index (χ1) is 9.19. The van der Waals surface area contributed by atoms with Crippen LogP contribution in [0.2, 0.25) is 0 Å². The van der Waals surface area contributed by atoms with Crippen LogP contribution in [0.5, 0.6) is 5.75 Å². The van der Waals surface area contributed by atoms with Crippen LogP contribution in [0.1, 0.15) is 20.8 Å². The molecule has 0 saturated heterocycles. The normalized spacial score (nSPS) is 10.5. The SMILES string of the molecule is CCNc1ccc(-c2cncc(OC(C)C)c2)nn1. The molecule has 0 aromatic carbocycles. The highest BCUT2D eigenvalue weighted by molar-refractivity contribution is 5.60. The summed E-state index contributed by atoms with van der Waals surface area (Å²) < 4.78 is 5.62. The van der Waals surface area contributed by atoms with Crippen LogP contribution in [0, 0.1) is 0 Å². The van der Waals surface area contributed by atoms with E-state index in [1.54, 1.807) is 12.4 Å². The Morgan fingerprint density at radius 3 is 2.68 bits per heavy atom. The lowest BCUT2D eigenvalue weighted by atomic mass is 10.2. The number of ether oxygens (including phenoxy) is 1. The molecular formula is C14H18N4O. The van der Waals surface area contributed by atoms with Gasteiger partial charge in [-0.15, -0.1) is 10.2 Å². The fraction of sp³-hybridized carbons (Fsp3) is 0.357. The zero-order valence-corrected chi connectivity index (χ0v) is 11.4. The molecule has 0 fully saturated rings. The van der Waals surface area contributed by atoms with Gasteiger partial charge in [-0.25, -0.2) is 0 Å². The molecule has 0 radical (unpaired) electrons. The molecule has 0 aliphatic rings. The van der Waals surface area contributed by atoms with Crippen LogP contribution in [-0.2, 0) is 0 Å². The van der Waals surface area contributed by atoms with Gasteiger partial charge in [-0.3, -0.25) is 4.98 Å². The number of nitrogens with one attached hydrogen (secondary N) is 1. The molecule has 2 aromatic rings. The van der Waals surface area contributed by atoms with E-state index < -0.39 is 0 Å². The predicted octanol–water partition coefficient (Wildman–Crippen LogP) is 2.76. The van der Waals surface area contributed by atoms with Gasteiger partial charge < -0.3 is 10.1 Å². The summed E-state index contributed by atoms with van der Waals surface area (Å²) in [6.45, 7) is 6.81. The van der Waals surface area contributed by atoms with Crippen molar-refractivity contribution >= 4 is 5.82 Å². The first-order valence-corrected chi connectivity index (χ1v) is 6.38. The second kappa shape index (κ2) is 6.13. The zero-order chi connectivity index (χ0) is 13.7. The molecule has 19 heavy (non-hydrogen) atoms. The highest BCUT2D eigenvalue weighted by Crippen LogP contribution is 2.21. The van der Waals surface area contributed by atoms with Crippen LogP contribution in [-0.4, -0.2) is 27.8 Å². The third-order valence-corrected chi connectivity index (χ3v) is 2.40. The average Bonchev–Trinajstić information content (AvgIpc) is 2.39. The molecule has 0 saturated carbocycles. The van der Waals surface area contributed by atoms with Crippen molar-refractivity contribution in [2.24, 2.45) is 0 Å². The van der Waals surface area contributed by atoms with Gasteiger partial charge >= 0.3 is 0 Å². The predicted molar refractivity (Wildman–Crippen MR) is 75.2 cm³/mol. The van der Waals surface area contributed by atoms with Gasteiger partial charge in [-0.2, -0.15) is 0 Å². The van der Waals surface area contributed by atoms with Gasteiger partial charge in [0.05, 0.1) is 18.0 Å². The van der Waals surface area contributed by atoms with Crippen molar-refractivity contribution in [3.63, 3.8) is 0 Å². The Bertz CT molecular complexity index is 525. The first kappa shape index (κ1) is 13.3. The Morgan fingerprint density at radius 1 is 1.21 bits per heavy atom. The Labute approximate surface area is 113 Å². The second-order valence-electron chi connectivity index (χ2n) is 4.41. The summed E-state index contributed by atoms with van der Waals surface area (Å²) in [6, 6.07) is 5.74. The lowest BCUT2D eigenvalue weighted by molar-refractivity contribution is 0.241. The summed E-state index contributed by atoms with van der Waals surface area (Å²) in [5.74, 6) is 1.51. The Morgan fingerprint density at radius 2 is 2.05 bits per heavy atom. The molecule has 5 nitrogen and oxygen atoms in total. The fourth-order valence-corrected chi connectivity index (χ4v) is 1.66. The van der Waals surface area contributed by atoms with Crippen LogP contribution < -0.4 is 10.1 Å².